The van der Waals surface area contributed by atoms with Crippen LogP contribution in [0.4, 0.5) is 10.0 Å². The van der Waals surface area contributed by atoms with E-state index in [0.29, 0.717) is 5.92 Å². The molecule has 4 aromatic rings. The average molecular weight is 348 g/mol. The second kappa shape index (κ2) is 5.36. The van der Waals surface area contributed by atoms with Crippen LogP contribution in [0.3, 0.4) is 0 Å². The van der Waals surface area contributed by atoms with E-state index in [4.69, 9.17) is 0 Å². The van der Waals surface area contributed by atoms with E-state index in [2.05, 4.69) is 66.1 Å². The van der Waals surface area contributed by atoms with Crippen LogP contribution in [-0.2, 0) is 0 Å². The van der Waals surface area contributed by atoms with Gasteiger partial charge in [-0.25, -0.2) is 0 Å². The summed E-state index contributed by atoms with van der Waals surface area (Å²) in [5.41, 5.74) is 2.79. The molecule has 0 spiro atoms. The summed E-state index contributed by atoms with van der Waals surface area (Å²) in [5, 5.41) is 12.1. The van der Waals surface area contributed by atoms with Gasteiger partial charge in [0.2, 0.25) is 0 Å². The molecule has 0 saturated carbocycles. The number of rotatable bonds is 0. The van der Waals surface area contributed by atoms with E-state index >= 15 is 0 Å². The average Bonchev–Trinajstić information content (AvgIpc) is 3.16. The number of hydrogen-bond donors (Lipinski definition) is 2. The van der Waals surface area contributed by atoms with E-state index in [9.17, 15) is 0 Å². The fraction of sp³-hybridized carbons (Fsp3) is 0.100. The monoisotopic (exact) mass is 348 g/mol. The van der Waals surface area contributed by atoms with E-state index in [1.807, 2.05) is 35.1 Å². The van der Waals surface area contributed by atoms with Crippen molar-refractivity contribution >= 4 is 52.8 Å². The zero-order valence-electron chi connectivity index (χ0n) is 13.2. The van der Waals surface area contributed by atoms with Gasteiger partial charge in [-0.15, -0.1) is 22.7 Å². The van der Waals surface area contributed by atoms with Crippen LogP contribution in [0, 0.1) is 0 Å². The van der Waals surface area contributed by atoms with Crippen molar-refractivity contribution in [2.75, 3.05) is 10.6 Å². The maximum absolute atomic E-state index is 3.48. The van der Waals surface area contributed by atoms with Gasteiger partial charge in [-0.2, -0.15) is 0 Å². The maximum Gasteiger partial charge on any atom is 0.0973 e. The second-order valence-corrected chi connectivity index (χ2v) is 8.13. The summed E-state index contributed by atoms with van der Waals surface area (Å²) in [6.07, 6.45) is 4.00. The molecule has 118 valence electrons. The highest BCUT2D eigenvalue weighted by molar-refractivity contribution is 7.23. The molecule has 4 heteroatoms. The van der Waals surface area contributed by atoms with Crippen LogP contribution in [0.25, 0.3) is 20.2 Å². The Morgan fingerprint density at radius 2 is 1.17 bits per heavy atom. The van der Waals surface area contributed by atoms with Crippen molar-refractivity contribution in [3.8, 4) is 0 Å². The van der Waals surface area contributed by atoms with Gasteiger partial charge in [0.1, 0.15) is 0 Å². The van der Waals surface area contributed by atoms with Gasteiger partial charge in [0.25, 0.3) is 0 Å². The highest BCUT2D eigenvalue weighted by atomic mass is 32.1. The third kappa shape index (κ3) is 2.00. The smallest absolute Gasteiger partial charge is 0.0973 e. The Balaban J connectivity index is 1.85. The summed E-state index contributed by atoms with van der Waals surface area (Å²) in [5.74, 6) is 0.321. The summed E-state index contributed by atoms with van der Waals surface area (Å²) >= 11 is 3.66. The summed E-state index contributed by atoms with van der Waals surface area (Å²) in [6.45, 7) is 2.32. The molecule has 2 N–H and O–H groups in total. The predicted octanol–water partition coefficient (Wildman–Crippen LogP) is 6.58. The Morgan fingerprint density at radius 1 is 0.708 bits per heavy atom. The first-order valence-electron chi connectivity index (χ1n) is 8.04. The number of fused-ring (bicyclic) bond motifs is 6. The van der Waals surface area contributed by atoms with Crippen LogP contribution in [0.5, 0.6) is 0 Å². The van der Waals surface area contributed by atoms with E-state index in [-0.39, 0.29) is 0 Å². The molecule has 0 radical (unpaired) electrons. The molecule has 0 aliphatic carbocycles. The van der Waals surface area contributed by atoms with Crippen molar-refractivity contribution in [2.45, 2.75) is 12.8 Å². The highest BCUT2D eigenvalue weighted by Gasteiger charge is 2.25. The van der Waals surface area contributed by atoms with Crippen LogP contribution in [0.1, 0.15) is 24.0 Å². The van der Waals surface area contributed by atoms with E-state index in [1.165, 1.54) is 41.3 Å². The van der Waals surface area contributed by atoms with Gasteiger partial charge in [0.15, 0.2) is 0 Å². The van der Waals surface area contributed by atoms with Crippen LogP contribution in [-0.4, -0.2) is 0 Å². The fourth-order valence-electron chi connectivity index (χ4n) is 3.58. The lowest BCUT2D eigenvalue weighted by molar-refractivity contribution is 0.959. The first-order valence-corrected chi connectivity index (χ1v) is 9.67. The van der Waals surface area contributed by atoms with Crippen LogP contribution < -0.4 is 10.6 Å². The van der Waals surface area contributed by atoms with Crippen molar-refractivity contribution in [1.82, 2.24) is 0 Å². The minimum atomic E-state index is 0.321. The van der Waals surface area contributed by atoms with Gasteiger partial charge in [-0.05, 0) is 22.9 Å². The van der Waals surface area contributed by atoms with E-state index in [1.54, 1.807) is 0 Å². The molecule has 2 nitrogen and oxygen atoms in total. The second-order valence-electron chi connectivity index (χ2n) is 6.03. The van der Waals surface area contributed by atoms with Gasteiger partial charge < -0.3 is 10.6 Å². The number of benzene rings is 2. The molecule has 0 atom stereocenters. The lowest BCUT2D eigenvalue weighted by atomic mass is 9.91. The van der Waals surface area contributed by atoms with Crippen molar-refractivity contribution in [3.63, 3.8) is 0 Å². The molecule has 24 heavy (non-hydrogen) atoms. The lowest BCUT2D eigenvalue weighted by Gasteiger charge is -2.14. The Hall–Kier alpha value is -2.30. The van der Waals surface area contributed by atoms with Gasteiger partial charge in [0, 0.05) is 38.8 Å². The topological polar surface area (TPSA) is 24.1 Å². The zero-order chi connectivity index (χ0) is 16.1. The fourth-order valence-corrected chi connectivity index (χ4v) is 5.94. The molecule has 0 fully saturated rings. The zero-order valence-corrected chi connectivity index (χ0v) is 14.8. The number of anilines is 2. The van der Waals surface area contributed by atoms with E-state index < -0.39 is 0 Å². The first kappa shape index (κ1) is 14.1. The molecule has 2 aromatic carbocycles. The molecule has 0 bridgehead atoms. The minimum absolute atomic E-state index is 0.321. The highest BCUT2D eigenvalue weighted by Crippen LogP contribution is 2.48. The van der Waals surface area contributed by atoms with Crippen molar-refractivity contribution in [3.05, 3.63) is 72.1 Å². The van der Waals surface area contributed by atoms with Crippen molar-refractivity contribution in [1.29, 1.82) is 0 Å². The number of nitrogens with one attached hydrogen (secondary N) is 2. The number of thiophene rings is 2. The predicted molar refractivity (Wildman–Crippen MR) is 108 cm³/mol. The standard InChI is InChI=1S/C20H16N2S2/c1-12-17-13-6-2-4-8-15(13)23-19(17)21-10-11-22-20-18(12)14-7-3-5-9-16(14)24-20/h2-12,21-22H,1H3/b11-10-. The SMILES string of the molecule is CC1c2c(sc3ccccc23)N/C=C\Nc2sc3ccccc3c21. The summed E-state index contributed by atoms with van der Waals surface area (Å²) in [7, 11) is 0. The maximum atomic E-state index is 3.48. The molecule has 1 aliphatic rings. The van der Waals surface area contributed by atoms with Gasteiger partial charge in [0.05, 0.1) is 10.0 Å². The summed E-state index contributed by atoms with van der Waals surface area (Å²) in [6, 6.07) is 17.4. The third-order valence-electron chi connectivity index (χ3n) is 4.65. The normalized spacial score (nSPS) is 15.7. The third-order valence-corrected chi connectivity index (χ3v) is 6.88. The Labute approximate surface area is 148 Å². The van der Waals surface area contributed by atoms with Crippen LogP contribution in [0.15, 0.2) is 60.9 Å². The molecule has 0 saturated heterocycles. The molecule has 1 aliphatic heterocycles. The van der Waals surface area contributed by atoms with Crippen molar-refractivity contribution < 1.29 is 0 Å². The minimum Gasteiger partial charge on any atom is -0.352 e. The molecule has 5 rings (SSSR count). The Bertz CT molecular complexity index is 1000. The first-order chi connectivity index (χ1) is 11.8. The van der Waals surface area contributed by atoms with E-state index in [0.717, 1.165) is 0 Å². The largest absolute Gasteiger partial charge is 0.352 e. The molecular formula is C20H16N2S2. The molecule has 2 aromatic heterocycles. The van der Waals surface area contributed by atoms with Gasteiger partial charge in [-0.1, -0.05) is 43.3 Å². The van der Waals surface area contributed by atoms with Crippen molar-refractivity contribution in [2.24, 2.45) is 0 Å². The Kier molecular flexibility index (Phi) is 3.15. The number of hydrogen-bond acceptors (Lipinski definition) is 4. The molecule has 0 amide bonds. The van der Waals surface area contributed by atoms with Crippen LogP contribution in [0.2, 0.25) is 0 Å². The molecular weight excluding hydrogens is 332 g/mol. The quantitative estimate of drug-likeness (QED) is 0.375. The van der Waals surface area contributed by atoms with Gasteiger partial charge >= 0.3 is 0 Å². The lowest BCUT2D eigenvalue weighted by Crippen LogP contribution is -1.98. The summed E-state index contributed by atoms with van der Waals surface area (Å²) in [4.78, 5) is 0. The van der Waals surface area contributed by atoms with Gasteiger partial charge in [-0.3, -0.25) is 0 Å². The molecule has 0 unspecified atom stereocenters. The molecule has 3 heterocycles. The summed E-state index contributed by atoms with van der Waals surface area (Å²) < 4.78 is 2.68. The Morgan fingerprint density at radius 3 is 1.67 bits per heavy atom. The van der Waals surface area contributed by atoms with Crippen LogP contribution >= 0.6 is 22.7 Å².